The van der Waals surface area contributed by atoms with Crippen LogP contribution in [-0.4, -0.2) is 48.1 Å². The van der Waals surface area contributed by atoms with Crippen LogP contribution in [0.1, 0.15) is 18.0 Å². The number of fused-ring (bicyclic) bond motifs is 3. The van der Waals surface area contributed by atoms with Crippen molar-refractivity contribution in [3.05, 3.63) is 58.9 Å². The summed E-state index contributed by atoms with van der Waals surface area (Å²) in [6, 6.07) is 10.8. The predicted octanol–water partition coefficient (Wildman–Crippen LogP) is 3.02. The molecule has 2 aromatic carbocycles. The summed E-state index contributed by atoms with van der Waals surface area (Å²) in [5.74, 6) is -1.10. The van der Waals surface area contributed by atoms with Crippen LogP contribution in [0.15, 0.2) is 42.5 Å². The van der Waals surface area contributed by atoms with Gasteiger partial charge in [0.25, 0.3) is 5.91 Å². The number of hydrogen-bond donors (Lipinski definition) is 0. The lowest BCUT2D eigenvalue weighted by molar-refractivity contribution is -0.126. The Morgan fingerprint density at radius 1 is 1.00 bits per heavy atom. The summed E-state index contributed by atoms with van der Waals surface area (Å²) in [5.41, 5.74) is 1.17. The molecule has 5 rings (SSSR count). The normalized spacial score (nSPS) is 26.9. The van der Waals surface area contributed by atoms with Gasteiger partial charge in [-0.05, 0) is 42.3 Å². The molecule has 0 unspecified atom stereocenters. The summed E-state index contributed by atoms with van der Waals surface area (Å²) in [6.07, 6.45) is 0.924. The van der Waals surface area contributed by atoms with Crippen molar-refractivity contribution in [2.45, 2.75) is 18.5 Å². The Morgan fingerprint density at radius 2 is 1.69 bits per heavy atom. The molecular formula is C21H19ClFN3O3. The SMILES string of the molecule is COc1ccc([C@@H]2[C@H]3C(=O)N(c4ccc(Cl)c(F)c4)C(=O)[C@@H]3N3CCCN23)cc1. The van der Waals surface area contributed by atoms with Crippen molar-refractivity contribution in [3.8, 4) is 5.75 Å². The Hall–Kier alpha value is -2.48. The smallest absolute Gasteiger partial charge is 0.253 e. The third-order valence-corrected chi connectivity index (χ3v) is 6.33. The number of carbonyl (C=O) groups is 2. The lowest BCUT2D eigenvalue weighted by Gasteiger charge is -2.29. The summed E-state index contributed by atoms with van der Waals surface area (Å²) in [5, 5.41) is 4.09. The van der Waals surface area contributed by atoms with Gasteiger partial charge in [0.1, 0.15) is 17.6 Å². The minimum absolute atomic E-state index is 0.0464. The minimum atomic E-state index is -0.656. The largest absolute Gasteiger partial charge is 0.497 e. The highest BCUT2D eigenvalue weighted by molar-refractivity contribution is 6.31. The number of ether oxygens (including phenoxy) is 1. The number of carbonyl (C=O) groups excluding carboxylic acids is 2. The van der Waals surface area contributed by atoms with E-state index in [0.717, 1.165) is 41.8 Å². The number of anilines is 1. The highest BCUT2D eigenvalue weighted by atomic mass is 35.5. The van der Waals surface area contributed by atoms with E-state index in [4.69, 9.17) is 16.3 Å². The van der Waals surface area contributed by atoms with E-state index < -0.39 is 17.8 Å². The second-order valence-corrected chi connectivity index (χ2v) is 7.89. The highest BCUT2D eigenvalue weighted by Gasteiger charge is 2.62. The van der Waals surface area contributed by atoms with Crippen LogP contribution in [0.4, 0.5) is 10.1 Å². The Morgan fingerprint density at radius 3 is 2.34 bits per heavy atom. The standard InChI is InChI=1S/C21H19ClFN3O3/c1-29-14-6-3-12(4-7-14)18-17-19(25-10-2-9-24(18)25)21(28)26(20(17)27)13-5-8-15(22)16(23)11-13/h3-8,11,17-19H,2,9-10H2,1H3/t17-,18-,19-/m1/s1. The monoisotopic (exact) mass is 415 g/mol. The van der Waals surface area contributed by atoms with Crippen LogP contribution in [0.2, 0.25) is 5.02 Å². The van der Waals surface area contributed by atoms with E-state index in [9.17, 15) is 14.0 Å². The van der Waals surface area contributed by atoms with Gasteiger partial charge in [0, 0.05) is 13.1 Å². The van der Waals surface area contributed by atoms with Crippen LogP contribution in [0, 0.1) is 11.7 Å². The van der Waals surface area contributed by atoms with Gasteiger partial charge < -0.3 is 4.74 Å². The molecule has 6 nitrogen and oxygen atoms in total. The molecular weight excluding hydrogens is 397 g/mol. The Bertz CT molecular complexity index is 999. The molecule has 0 spiro atoms. The molecule has 0 aliphatic carbocycles. The summed E-state index contributed by atoms with van der Waals surface area (Å²) < 4.78 is 19.2. The molecule has 0 radical (unpaired) electrons. The molecule has 3 aliphatic rings. The molecule has 8 heteroatoms. The third kappa shape index (κ3) is 2.68. The topological polar surface area (TPSA) is 53.1 Å². The van der Waals surface area contributed by atoms with E-state index >= 15 is 0 Å². The molecule has 2 aromatic rings. The van der Waals surface area contributed by atoms with Crippen LogP contribution in [-0.2, 0) is 9.59 Å². The van der Waals surface area contributed by atoms with Gasteiger partial charge in [0.2, 0.25) is 5.91 Å². The van der Waals surface area contributed by atoms with Gasteiger partial charge in [-0.2, -0.15) is 0 Å². The van der Waals surface area contributed by atoms with Gasteiger partial charge in [-0.25, -0.2) is 19.3 Å². The fourth-order valence-corrected chi connectivity index (χ4v) is 4.91. The van der Waals surface area contributed by atoms with Crippen LogP contribution in [0.5, 0.6) is 5.75 Å². The van der Waals surface area contributed by atoms with E-state index in [1.54, 1.807) is 7.11 Å². The van der Waals surface area contributed by atoms with Crippen molar-refractivity contribution in [3.63, 3.8) is 0 Å². The van der Waals surface area contributed by atoms with Crippen LogP contribution in [0.25, 0.3) is 0 Å². The van der Waals surface area contributed by atoms with Crippen molar-refractivity contribution >= 4 is 29.1 Å². The Kier molecular flexibility index (Phi) is 4.34. The predicted molar refractivity (Wildman–Crippen MR) is 105 cm³/mol. The van der Waals surface area contributed by atoms with E-state index in [2.05, 4.69) is 5.01 Å². The molecule has 0 saturated carbocycles. The number of hydrogen-bond acceptors (Lipinski definition) is 5. The molecule has 0 aromatic heterocycles. The number of imide groups is 1. The first-order chi connectivity index (χ1) is 14.0. The van der Waals surface area contributed by atoms with Crippen molar-refractivity contribution in [2.24, 2.45) is 5.92 Å². The fraction of sp³-hybridized carbons (Fsp3) is 0.333. The van der Waals surface area contributed by atoms with Crippen LogP contribution in [0.3, 0.4) is 0 Å². The summed E-state index contributed by atoms with van der Waals surface area (Å²) in [4.78, 5) is 27.8. The maximum Gasteiger partial charge on any atom is 0.253 e. The average molecular weight is 416 g/mol. The second-order valence-electron chi connectivity index (χ2n) is 7.48. The molecule has 29 heavy (non-hydrogen) atoms. The van der Waals surface area contributed by atoms with Crippen molar-refractivity contribution < 1.29 is 18.7 Å². The number of methoxy groups -OCH3 is 1. The fourth-order valence-electron chi connectivity index (χ4n) is 4.79. The van der Waals surface area contributed by atoms with Gasteiger partial charge >= 0.3 is 0 Å². The number of nitrogens with zero attached hydrogens (tertiary/aromatic N) is 3. The maximum absolute atomic E-state index is 14.0. The first-order valence-corrected chi connectivity index (χ1v) is 9.89. The first kappa shape index (κ1) is 18.5. The zero-order valence-corrected chi connectivity index (χ0v) is 16.5. The van der Waals surface area contributed by atoms with Gasteiger partial charge in [-0.3, -0.25) is 9.59 Å². The van der Waals surface area contributed by atoms with Gasteiger partial charge in [0.15, 0.2) is 0 Å². The molecule has 0 bridgehead atoms. The number of rotatable bonds is 3. The Labute approximate surface area is 172 Å². The molecule has 3 aliphatic heterocycles. The highest BCUT2D eigenvalue weighted by Crippen LogP contribution is 2.49. The third-order valence-electron chi connectivity index (χ3n) is 6.02. The average Bonchev–Trinajstić information content (AvgIpc) is 3.37. The van der Waals surface area contributed by atoms with Crippen molar-refractivity contribution in [1.29, 1.82) is 0 Å². The zero-order chi connectivity index (χ0) is 20.3. The van der Waals surface area contributed by atoms with E-state index in [1.807, 2.05) is 29.3 Å². The number of hydrazine groups is 1. The second kappa shape index (κ2) is 6.79. The summed E-state index contributed by atoms with van der Waals surface area (Å²) in [6.45, 7) is 1.51. The quantitative estimate of drug-likeness (QED) is 0.721. The molecule has 3 fully saturated rings. The molecule has 3 heterocycles. The van der Waals surface area contributed by atoms with Crippen LogP contribution >= 0.6 is 11.6 Å². The summed E-state index contributed by atoms with van der Waals surface area (Å²) >= 11 is 5.77. The summed E-state index contributed by atoms with van der Waals surface area (Å²) in [7, 11) is 1.60. The Balaban J connectivity index is 1.56. The van der Waals surface area contributed by atoms with E-state index in [1.165, 1.54) is 12.1 Å². The number of benzene rings is 2. The van der Waals surface area contributed by atoms with Crippen molar-refractivity contribution in [2.75, 3.05) is 25.1 Å². The maximum atomic E-state index is 14.0. The van der Waals surface area contributed by atoms with Crippen molar-refractivity contribution in [1.82, 2.24) is 10.0 Å². The molecule has 3 saturated heterocycles. The van der Waals surface area contributed by atoms with E-state index in [0.29, 0.717) is 0 Å². The number of halogens is 2. The zero-order valence-electron chi connectivity index (χ0n) is 15.7. The molecule has 3 atom stereocenters. The molecule has 150 valence electrons. The van der Waals surface area contributed by atoms with Gasteiger partial charge in [-0.1, -0.05) is 23.7 Å². The molecule has 2 amide bonds. The lowest BCUT2D eigenvalue weighted by Crippen LogP contribution is -2.44. The van der Waals surface area contributed by atoms with Gasteiger partial charge in [-0.15, -0.1) is 0 Å². The van der Waals surface area contributed by atoms with E-state index in [-0.39, 0.29) is 28.6 Å². The molecule has 0 N–H and O–H groups in total. The van der Waals surface area contributed by atoms with Crippen LogP contribution < -0.4 is 9.64 Å². The first-order valence-electron chi connectivity index (χ1n) is 9.51. The number of amides is 2. The minimum Gasteiger partial charge on any atom is -0.497 e. The lowest BCUT2D eigenvalue weighted by atomic mass is 9.90. The van der Waals surface area contributed by atoms with Gasteiger partial charge in [0.05, 0.1) is 29.8 Å².